The molecular weight excluding hydrogens is 528 g/mol. The van der Waals surface area contributed by atoms with Gasteiger partial charge in [-0.15, -0.1) is 0 Å². The van der Waals surface area contributed by atoms with Crippen LogP contribution in [0.15, 0.2) is 91.0 Å². The molecule has 9 nitrogen and oxygen atoms in total. The van der Waals surface area contributed by atoms with Gasteiger partial charge in [0.15, 0.2) is 16.6 Å². The van der Waals surface area contributed by atoms with E-state index in [1.807, 2.05) is 54.6 Å². The van der Waals surface area contributed by atoms with Crippen molar-refractivity contribution in [2.45, 2.75) is 0 Å². The Labute approximate surface area is 237 Å². The maximum absolute atomic E-state index is 13.1. The molecule has 0 saturated carbocycles. The highest BCUT2D eigenvalue weighted by Gasteiger charge is 2.19. The standard InChI is InChI=1S/C30H28N4O5S/c1-37-25-17-19(18-26(38-2)27(25)39-3)28(35)34-30(40)33-24-12-8-7-11-23(24)29(36)32-22-15-13-21(14-16-22)31-20-9-5-4-6-10-20/h4-18,31H,1-3H3,(H,32,36)(H2,33,34,35,40). The lowest BCUT2D eigenvalue weighted by molar-refractivity contribution is 0.0976. The average molecular weight is 557 g/mol. The maximum Gasteiger partial charge on any atom is 0.257 e. The van der Waals surface area contributed by atoms with Crippen LogP contribution in [0.25, 0.3) is 0 Å². The molecule has 0 unspecified atom stereocenters. The summed E-state index contributed by atoms with van der Waals surface area (Å²) in [5.74, 6) is 0.186. The Morgan fingerprint density at radius 3 is 1.85 bits per heavy atom. The van der Waals surface area contributed by atoms with E-state index in [0.29, 0.717) is 34.2 Å². The summed E-state index contributed by atoms with van der Waals surface area (Å²) in [4.78, 5) is 26.0. The molecule has 2 amide bonds. The minimum atomic E-state index is -0.497. The Morgan fingerprint density at radius 1 is 0.650 bits per heavy atom. The summed E-state index contributed by atoms with van der Waals surface area (Å²) in [6.07, 6.45) is 0. The van der Waals surface area contributed by atoms with Crippen LogP contribution in [0.5, 0.6) is 17.2 Å². The van der Waals surface area contributed by atoms with Gasteiger partial charge in [0, 0.05) is 22.6 Å². The molecule has 0 aliphatic carbocycles. The molecule has 4 aromatic rings. The van der Waals surface area contributed by atoms with E-state index in [-0.39, 0.29) is 16.6 Å². The van der Waals surface area contributed by atoms with Crippen molar-refractivity contribution in [3.63, 3.8) is 0 Å². The van der Waals surface area contributed by atoms with E-state index in [0.717, 1.165) is 11.4 Å². The van der Waals surface area contributed by atoms with Crippen molar-refractivity contribution in [1.82, 2.24) is 5.32 Å². The SMILES string of the molecule is COc1cc(C(=O)NC(=S)Nc2ccccc2C(=O)Nc2ccc(Nc3ccccc3)cc2)cc(OC)c1OC. The number of carbonyl (C=O) groups excluding carboxylic acids is 2. The van der Waals surface area contributed by atoms with E-state index in [1.165, 1.54) is 33.5 Å². The molecule has 204 valence electrons. The molecule has 0 aromatic heterocycles. The van der Waals surface area contributed by atoms with Crippen molar-refractivity contribution in [3.05, 3.63) is 102 Å². The molecule has 0 aliphatic heterocycles. The Morgan fingerprint density at radius 2 is 1.23 bits per heavy atom. The molecule has 4 rings (SSSR count). The van der Waals surface area contributed by atoms with Crippen LogP contribution in [0.1, 0.15) is 20.7 Å². The largest absolute Gasteiger partial charge is 0.493 e. The Bertz CT molecular complexity index is 1490. The van der Waals surface area contributed by atoms with Gasteiger partial charge in [0.25, 0.3) is 11.8 Å². The van der Waals surface area contributed by atoms with E-state index in [2.05, 4.69) is 21.3 Å². The van der Waals surface area contributed by atoms with E-state index in [1.54, 1.807) is 24.3 Å². The number of anilines is 4. The van der Waals surface area contributed by atoms with Gasteiger partial charge in [-0.2, -0.15) is 0 Å². The van der Waals surface area contributed by atoms with E-state index in [9.17, 15) is 9.59 Å². The van der Waals surface area contributed by atoms with Crippen LogP contribution in [0.2, 0.25) is 0 Å². The Kier molecular flexibility index (Phi) is 9.16. The first-order valence-corrected chi connectivity index (χ1v) is 12.6. The number of amides is 2. The van der Waals surface area contributed by atoms with Crippen LogP contribution >= 0.6 is 12.2 Å². The van der Waals surface area contributed by atoms with Crippen LogP contribution in [0.3, 0.4) is 0 Å². The van der Waals surface area contributed by atoms with Crippen LogP contribution in [-0.2, 0) is 0 Å². The third-order valence-electron chi connectivity index (χ3n) is 5.78. The Hall–Kier alpha value is -5.09. The highest BCUT2D eigenvalue weighted by Crippen LogP contribution is 2.38. The number of benzene rings is 4. The molecule has 0 spiro atoms. The number of ether oxygens (including phenoxy) is 3. The number of methoxy groups -OCH3 is 3. The summed E-state index contributed by atoms with van der Waals surface area (Å²) in [5.41, 5.74) is 3.49. The fraction of sp³-hybridized carbons (Fsp3) is 0.100. The molecule has 4 N–H and O–H groups in total. The molecule has 0 radical (unpaired) electrons. The van der Waals surface area contributed by atoms with Gasteiger partial charge in [0.2, 0.25) is 5.75 Å². The number of para-hydroxylation sites is 2. The molecule has 0 bridgehead atoms. The lowest BCUT2D eigenvalue weighted by atomic mass is 10.1. The van der Waals surface area contributed by atoms with E-state index in [4.69, 9.17) is 26.4 Å². The second kappa shape index (κ2) is 13.1. The van der Waals surface area contributed by atoms with Gasteiger partial charge in [-0.05, 0) is 72.9 Å². The third kappa shape index (κ3) is 6.86. The zero-order chi connectivity index (χ0) is 28.5. The van der Waals surface area contributed by atoms with Crippen LogP contribution in [0.4, 0.5) is 22.7 Å². The quantitative estimate of drug-likeness (QED) is 0.191. The van der Waals surface area contributed by atoms with Gasteiger partial charge in [-0.1, -0.05) is 30.3 Å². The maximum atomic E-state index is 13.1. The lowest BCUT2D eigenvalue weighted by Crippen LogP contribution is -2.34. The fourth-order valence-electron chi connectivity index (χ4n) is 3.85. The van der Waals surface area contributed by atoms with Gasteiger partial charge in [-0.25, -0.2) is 0 Å². The zero-order valence-corrected chi connectivity index (χ0v) is 22.9. The number of hydrogen-bond donors (Lipinski definition) is 4. The second-order valence-electron chi connectivity index (χ2n) is 8.39. The van der Waals surface area contributed by atoms with Gasteiger partial charge in [0.1, 0.15) is 0 Å². The molecule has 0 fully saturated rings. The van der Waals surface area contributed by atoms with Crippen LogP contribution < -0.4 is 35.5 Å². The summed E-state index contributed by atoms with van der Waals surface area (Å²) < 4.78 is 15.9. The fourth-order valence-corrected chi connectivity index (χ4v) is 4.06. The summed E-state index contributed by atoms with van der Waals surface area (Å²) in [7, 11) is 4.40. The van der Waals surface area contributed by atoms with Gasteiger partial charge < -0.3 is 30.2 Å². The molecule has 4 aromatic carbocycles. The van der Waals surface area contributed by atoms with Gasteiger partial charge >= 0.3 is 0 Å². The molecule has 40 heavy (non-hydrogen) atoms. The first kappa shape index (κ1) is 27.9. The molecule has 0 aliphatic rings. The predicted molar refractivity (Wildman–Crippen MR) is 160 cm³/mol. The highest BCUT2D eigenvalue weighted by atomic mass is 32.1. The number of carbonyl (C=O) groups is 2. The summed E-state index contributed by atoms with van der Waals surface area (Å²) in [5, 5.41) is 11.8. The smallest absolute Gasteiger partial charge is 0.257 e. The minimum absolute atomic E-state index is 0.00957. The molecule has 0 atom stereocenters. The first-order valence-electron chi connectivity index (χ1n) is 12.2. The third-order valence-corrected chi connectivity index (χ3v) is 5.98. The summed E-state index contributed by atoms with van der Waals surface area (Å²) >= 11 is 5.36. The topological polar surface area (TPSA) is 110 Å². The molecule has 0 saturated heterocycles. The summed E-state index contributed by atoms with van der Waals surface area (Å²) in [6, 6.07) is 27.0. The number of rotatable bonds is 9. The first-order chi connectivity index (χ1) is 19.4. The summed E-state index contributed by atoms with van der Waals surface area (Å²) in [6.45, 7) is 0. The normalized spacial score (nSPS) is 10.2. The molecule has 0 heterocycles. The zero-order valence-electron chi connectivity index (χ0n) is 22.1. The van der Waals surface area contributed by atoms with Crippen molar-refractivity contribution in [3.8, 4) is 17.2 Å². The van der Waals surface area contributed by atoms with Crippen molar-refractivity contribution < 1.29 is 23.8 Å². The van der Waals surface area contributed by atoms with Crippen molar-refractivity contribution in [2.75, 3.05) is 37.3 Å². The van der Waals surface area contributed by atoms with Crippen molar-refractivity contribution in [2.24, 2.45) is 0 Å². The van der Waals surface area contributed by atoms with Gasteiger partial charge in [0.05, 0.1) is 32.6 Å². The van der Waals surface area contributed by atoms with Crippen LogP contribution in [-0.4, -0.2) is 38.3 Å². The highest BCUT2D eigenvalue weighted by molar-refractivity contribution is 7.80. The van der Waals surface area contributed by atoms with E-state index < -0.39 is 5.91 Å². The van der Waals surface area contributed by atoms with Crippen molar-refractivity contribution in [1.29, 1.82) is 0 Å². The Balaban J connectivity index is 1.41. The number of hydrogen-bond acceptors (Lipinski definition) is 7. The van der Waals surface area contributed by atoms with Crippen LogP contribution in [0, 0.1) is 0 Å². The van der Waals surface area contributed by atoms with Crippen molar-refractivity contribution >= 4 is 51.9 Å². The van der Waals surface area contributed by atoms with E-state index >= 15 is 0 Å². The average Bonchev–Trinajstić information content (AvgIpc) is 2.98. The predicted octanol–water partition coefficient (Wildman–Crippen LogP) is 5.84. The number of thiocarbonyl (C=S) groups is 1. The minimum Gasteiger partial charge on any atom is -0.493 e. The number of nitrogens with one attached hydrogen (secondary N) is 4. The lowest BCUT2D eigenvalue weighted by Gasteiger charge is -2.16. The monoisotopic (exact) mass is 556 g/mol. The second-order valence-corrected chi connectivity index (χ2v) is 8.80. The molecular formula is C30H28N4O5S. The molecule has 10 heteroatoms. The van der Waals surface area contributed by atoms with Gasteiger partial charge in [-0.3, -0.25) is 14.9 Å².